The summed E-state index contributed by atoms with van der Waals surface area (Å²) in [6.45, 7) is 3.67. The van der Waals surface area contributed by atoms with Gasteiger partial charge in [-0.15, -0.1) is 0 Å². The monoisotopic (exact) mass is 416 g/mol. The molecule has 2 aromatic rings. The topological polar surface area (TPSA) is 125 Å². The third-order valence-electron chi connectivity index (χ3n) is 4.56. The molecule has 0 fully saturated rings. The average Bonchev–Trinajstić information content (AvgIpc) is 3.19. The molecule has 162 valence electrons. The number of hydrogen-bond donors (Lipinski definition) is 3. The van der Waals surface area contributed by atoms with E-state index in [2.05, 4.69) is 15.6 Å². The minimum absolute atomic E-state index is 0.0726. The molecule has 30 heavy (non-hydrogen) atoms. The maximum Gasteiger partial charge on any atom is 0.252 e. The van der Waals surface area contributed by atoms with Crippen LogP contribution in [0.5, 0.6) is 0 Å². The molecule has 9 heteroatoms. The van der Waals surface area contributed by atoms with Gasteiger partial charge in [0.15, 0.2) is 0 Å². The third-order valence-corrected chi connectivity index (χ3v) is 4.56. The molecule has 0 radical (unpaired) electrons. The number of carbonyl (C=O) groups excluding carboxylic acids is 3. The molecular weight excluding hydrogens is 388 g/mol. The number of aromatic nitrogens is 1. The number of hydrogen-bond acceptors (Lipinski definition) is 6. The summed E-state index contributed by atoms with van der Waals surface area (Å²) in [5.74, 6) is -0.155. The zero-order chi connectivity index (χ0) is 21.9. The largest absolute Gasteiger partial charge is 0.441 e. The van der Waals surface area contributed by atoms with Crippen molar-refractivity contribution >= 4 is 18.2 Å². The van der Waals surface area contributed by atoms with E-state index in [9.17, 15) is 19.6 Å². The molecule has 1 unspecified atom stereocenters. The molecule has 3 amide bonds. The Morgan fingerprint density at radius 1 is 1.30 bits per heavy atom. The Morgan fingerprint density at radius 3 is 2.77 bits per heavy atom. The summed E-state index contributed by atoms with van der Waals surface area (Å²) in [5.41, 5.74) is 1.08. The fraction of sp³-hybridized carbons (Fsp3) is 0.429. The Hall–Kier alpha value is -3.20. The molecule has 0 aliphatic carbocycles. The zero-order valence-corrected chi connectivity index (χ0v) is 17.3. The molecule has 2 rings (SSSR count). The van der Waals surface area contributed by atoms with E-state index in [1.807, 2.05) is 6.92 Å². The Bertz CT molecular complexity index is 851. The van der Waals surface area contributed by atoms with Crippen LogP contribution in [0.2, 0.25) is 0 Å². The van der Waals surface area contributed by atoms with Crippen LogP contribution in [0.1, 0.15) is 48.7 Å². The fourth-order valence-electron chi connectivity index (χ4n) is 2.95. The van der Waals surface area contributed by atoms with Crippen LogP contribution < -0.4 is 10.6 Å². The van der Waals surface area contributed by atoms with Crippen molar-refractivity contribution in [1.82, 2.24) is 20.7 Å². The van der Waals surface area contributed by atoms with Gasteiger partial charge in [0, 0.05) is 11.1 Å². The highest BCUT2D eigenvalue weighted by atomic mass is 16.5. The van der Waals surface area contributed by atoms with Gasteiger partial charge in [-0.25, -0.2) is 10.0 Å². The highest BCUT2D eigenvalue weighted by Gasteiger charge is 2.20. The number of benzene rings is 1. The van der Waals surface area contributed by atoms with Crippen LogP contribution in [0.4, 0.5) is 0 Å². The van der Waals surface area contributed by atoms with Gasteiger partial charge in [0.1, 0.15) is 5.76 Å². The first kappa shape index (κ1) is 23.1. The Balaban J connectivity index is 1.90. The van der Waals surface area contributed by atoms with E-state index >= 15 is 0 Å². The third kappa shape index (κ3) is 7.00. The lowest BCUT2D eigenvalue weighted by molar-refractivity contribution is -0.154. The van der Waals surface area contributed by atoms with E-state index in [0.717, 1.165) is 19.3 Å². The first-order chi connectivity index (χ1) is 14.4. The lowest BCUT2D eigenvalue weighted by Crippen LogP contribution is -2.43. The number of nitrogens with one attached hydrogen (secondary N) is 2. The summed E-state index contributed by atoms with van der Waals surface area (Å²) < 4.78 is 5.48. The number of hydroxylamine groups is 2. The highest BCUT2D eigenvalue weighted by Crippen LogP contribution is 2.20. The van der Waals surface area contributed by atoms with Gasteiger partial charge in [0.25, 0.3) is 5.91 Å². The molecule has 0 spiro atoms. The van der Waals surface area contributed by atoms with Gasteiger partial charge < -0.3 is 15.1 Å². The van der Waals surface area contributed by atoms with Crippen LogP contribution in [-0.4, -0.2) is 46.7 Å². The summed E-state index contributed by atoms with van der Waals surface area (Å²) in [7, 11) is 0. The second kappa shape index (κ2) is 11.7. The summed E-state index contributed by atoms with van der Waals surface area (Å²) in [4.78, 5) is 39.6. The first-order valence-corrected chi connectivity index (χ1v) is 9.94. The Kier molecular flexibility index (Phi) is 9.02. The van der Waals surface area contributed by atoms with Crippen molar-refractivity contribution in [3.05, 3.63) is 41.8 Å². The number of amides is 3. The molecule has 3 N–H and O–H groups in total. The zero-order valence-electron chi connectivity index (χ0n) is 17.3. The SMILES string of the molecule is CCCCCC(CN(O)C=O)C(=O)NCNC(=O)c1cccc(-c2ncc(C)o2)c1. The number of unbranched alkanes of at least 4 members (excludes halogenated alkanes) is 2. The van der Waals surface area contributed by atoms with Crippen LogP contribution in [0, 0.1) is 12.8 Å². The maximum absolute atomic E-state index is 12.4. The van der Waals surface area contributed by atoms with E-state index in [4.69, 9.17) is 4.42 Å². The fourth-order valence-corrected chi connectivity index (χ4v) is 2.95. The van der Waals surface area contributed by atoms with E-state index < -0.39 is 5.92 Å². The van der Waals surface area contributed by atoms with Crippen molar-refractivity contribution in [2.45, 2.75) is 39.5 Å². The predicted molar refractivity (Wildman–Crippen MR) is 109 cm³/mol. The first-order valence-electron chi connectivity index (χ1n) is 9.94. The molecule has 1 aromatic carbocycles. The summed E-state index contributed by atoms with van der Waals surface area (Å²) in [5, 5.41) is 15.2. The number of aryl methyl sites for hydroxylation is 1. The molecule has 0 saturated heterocycles. The van der Waals surface area contributed by atoms with E-state index in [1.165, 1.54) is 0 Å². The van der Waals surface area contributed by atoms with Crippen molar-refractivity contribution in [1.29, 1.82) is 0 Å². The van der Waals surface area contributed by atoms with Gasteiger partial charge >= 0.3 is 0 Å². The standard InChI is InChI=1S/C21H28N4O5/c1-3-4-5-7-18(12-25(29)14-26)20(28)24-13-23-19(27)16-8-6-9-17(10-16)21-22-11-15(2)30-21/h6,8-11,14,18,29H,3-5,7,12-13H2,1-2H3,(H,23,27)(H,24,28). The maximum atomic E-state index is 12.4. The van der Waals surface area contributed by atoms with Gasteiger partial charge in [-0.1, -0.05) is 32.3 Å². The Morgan fingerprint density at radius 2 is 2.10 bits per heavy atom. The van der Waals surface area contributed by atoms with E-state index in [-0.39, 0.29) is 31.4 Å². The van der Waals surface area contributed by atoms with Gasteiger partial charge in [0.05, 0.1) is 25.3 Å². The Labute approximate surface area is 175 Å². The van der Waals surface area contributed by atoms with Crippen LogP contribution in [0.25, 0.3) is 11.5 Å². The highest BCUT2D eigenvalue weighted by molar-refractivity contribution is 5.95. The minimum atomic E-state index is -0.555. The molecule has 0 saturated carbocycles. The molecular formula is C21H28N4O5. The van der Waals surface area contributed by atoms with Crippen LogP contribution in [0.3, 0.4) is 0 Å². The number of nitrogens with zero attached hydrogens (tertiary/aromatic N) is 2. The van der Waals surface area contributed by atoms with Crippen molar-refractivity contribution in [3.8, 4) is 11.5 Å². The van der Waals surface area contributed by atoms with Gasteiger partial charge in [0.2, 0.25) is 18.2 Å². The van der Waals surface area contributed by atoms with Crippen LogP contribution in [0.15, 0.2) is 34.9 Å². The molecule has 0 aliphatic heterocycles. The van der Waals surface area contributed by atoms with Crippen LogP contribution in [-0.2, 0) is 9.59 Å². The van der Waals surface area contributed by atoms with Crippen molar-refractivity contribution in [2.24, 2.45) is 5.92 Å². The van der Waals surface area contributed by atoms with Gasteiger partial charge in [-0.3, -0.25) is 19.6 Å². The van der Waals surface area contributed by atoms with E-state index in [0.29, 0.717) is 34.3 Å². The van der Waals surface area contributed by atoms with Gasteiger partial charge in [-0.05, 0) is 31.5 Å². The lowest BCUT2D eigenvalue weighted by atomic mass is 10.0. The summed E-state index contributed by atoms with van der Waals surface area (Å²) in [6.07, 6.45) is 5.16. The lowest BCUT2D eigenvalue weighted by Gasteiger charge is -2.19. The quantitative estimate of drug-likeness (QED) is 0.161. The molecule has 0 bridgehead atoms. The molecule has 0 aliphatic rings. The second-order valence-electron chi connectivity index (χ2n) is 7.00. The minimum Gasteiger partial charge on any atom is -0.441 e. The normalized spacial score (nSPS) is 11.6. The van der Waals surface area contributed by atoms with Crippen molar-refractivity contribution in [3.63, 3.8) is 0 Å². The number of rotatable bonds is 12. The number of carbonyl (C=O) groups is 3. The van der Waals surface area contributed by atoms with E-state index in [1.54, 1.807) is 37.4 Å². The molecule has 1 heterocycles. The summed E-state index contributed by atoms with van der Waals surface area (Å²) in [6, 6.07) is 6.82. The average molecular weight is 416 g/mol. The van der Waals surface area contributed by atoms with Crippen LogP contribution >= 0.6 is 0 Å². The molecule has 9 nitrogen and oxygen atoms in total. The smallest absolute Gasteiger partial charge is 0.252 e. The predicted octanol–water partition coefficient (Wildman–Crippen LogP) is 2.50. The van der Waals surface area contributed by atoms with Gasteiger partial charge in [-0.2, -0.15) is 0 Å². The second-order valence-corrected chi connectivity index (χ2v) is 7.00. The van der Waals surface area contributed by atoms with Crippen molar-refractivity contribution in [2.75, 3.05) is 13.2 Å². The number of oxazole rings is 1. The summed E-state index contributed by atoms with van der Waals surface area (Å²) >= 11 is 0. The molecule has 1 aromatic heterocycles. The molecule has 1 atom stereocenters. The van der Waals surface area contributed by atoms with Crippen molar-refractivity contribution < 1.29 is 24.0 Å².